The molecule has 2 aromatic rings. The number of hydrogen-bond acceptors (Lipinski definition) is 5. The van der Waals surface area contributed by atoms with E-state index in [0.29, 0.717) is 17.6 Å². The Hall–Kier alpha value is -1.00. The summed E-state index contributed by atoms with van der Waals surface area (Å²) >= 11 is 2.22. The smallest absolute Gasteiger partial charge is 0.296 e. The van der Waals surface area contributed by atoms with Crippen molar-refractivity contribution in [2.75, 3.05) is 24.2 Å². The van der Waals surface area contributed by atoms with Gasteiger partial charge in [-0.1, -0.05) is 70.6 Å². The second kappa shape index (κ2) is 8.35. The maximum atomic E-state index is 12.4. The van der Waals surface area contributed by atoms with E-state index < -0.39 is 21.8 Å². The third-order valence-corrected chi connectivity index (χ3v) is 7.16. The minimum Gasteiger partial charge on any atom is -0.348 e. The van der Waals surface area contributed by atoms with Crippen molar-refractivity contribution in [3.8, 4) is 0 Å². The van der Waals surface area contributed by atoms with Crippen LogP contribution in [-0.2, 0) is 23.8 Å². The van der Waals surface area contributed by atoms with Gasteiger partial charge in [0.1, 0.15) is 0 Å². The first-order chi connectivity index (χ1) is 12.4. The lowest BCUT2D eigenvalue weighted by atomic mass is 9.93. The zero-order chi connectivity index (χ0) is 18.6. The number of ether oxygens (including phenoxy) is 2. The Morgan fingerprint density at radius 3 is 2.27 bits per heavy atom. The molecule has 0 atom stereocenters. The number of rotatable bonds is 6. The molecule has 140 valence electrons. The van der Waals surface area contributed by atoms with Gasteiger partial charge in [0.05, 0.1) is 30.1 Å². The zero-order valence-electron chi connectivity index (χ0n) is 14.4. The summed E-state index contributed by atoms with van der Waals surface area (Å²) in [6.07, 6.45) is -0.430. The van der Waals surface area contributed by atoms with E-state index in [1.54, 1.807) is 24.3 Å². The first-order valence-corrected chi connectivity index (χ1v) is 11.2. The van der Waals surface area contributed by atoms with Crippen molar-refractivity contribution in [1.29, 1.82) is 0 Å². The predicted octanol–water partition coefficient (Wildman–Crippen LogP) is 3.87. The highest BCUT2D eigenvalue weighted by Crippen LogP contribution is 2.34. The molecular formula is C19H21IO5S. The third kappa shape index (κ3) is 4.64. The second-order valence-electron chi connectivity index (χ2n) is 6.53. The Bertz CT molecular complexity index is 813. The van der Waals surface area contributed by atoms with Gasteiger partial charge in [0.15, 0.2) is 6.29 Å². The van der Waals surface area contributed by atoms with Crippen molar-refractivity contribution in [3.63, 3.8) is 0 Å². The summed E-state index contributed by atoms with van der Waals surface area (Å²) in [6, 6.07) is 16.3. The van der Waals surface area contributed by atoms with Crippen LogP contribution in [-0.4, -0.2) is 32.7 Å². The number of halogens is 1. The van der Waals surface area contributed by atoms with Crippen molar-refractivity contribution in [1.82, 2.24) is 0 Å². The fourth-order valence-electron chi connectivity index (χ4n) is 2.57. The van der Waals surface area contributed by atoms with Crippen LogP contribution in [0, 0.1) is 12.3 Å². The van der Waals surface area contributed by atoms with Gasteiger partial charge in [0, 0.05) is 9.99 Å². The number of hydrogen-bond donors (Lipinski definition) is 0. The molecule has 1 aliphatic heterocycles. The van der Waals surface area contributed by atoms with Crippen LogP contribution in [0.5, 0.6) is 0 Å². The Morgan fingerprint density at radius 2 is 1.69 bits per heavy atom. The molecule has 0 radical (unpaired) electrons. The molecule has 5 nitrogen and oxygen atoms in total. The van der Waals surface area contributed by atoms with E-state index in [0.717, 1.165) is 11.1 Å². The molecule has 7 heteroatoms. The molecule has 3 rings (SSSR count). The minimum atomic E-state index is -3.80. The molecule has 0 spiro atoms. The van der Waals surface area contributed by atoms with E-state index in [9.17, 15) is 8.42 Å². The van der Waals surface area contributed by atoms with E-state index in [1.165, 1.54) is 0 Å². The lowest BCUT2D eigenvalue weighted by Crippen LogP contribution is -2.44. The highest BCUT2D eigenvalue weighted by Gasteiger charge is 2.38. The van der Waals surface area contributed by atoms with Gasteiger partial charge in [0.2, 0.25) is 0 Å². The topological polar surface area (TPSA) is 61.8 Å². The first-order valence-electron chi connectivity index (χ1n) is 8.24. The van der Waals surface area contributed by atoms with Crippen molar-refractivity contribution < 1.29 is 22.1 Å². The van der Waals surface area contributed by atoms with Crippen LogP contribution in [0.2, 0.25) is 0 Å². The maximum absolute atomic E-state index is 12.4. The normalized spacial score (nSPS) is 23.7. The van der Waals surface area contributed by atoms with E-state index in [4.69, 9.17) is 13.7 Å². The van der Waals surface area contributed by atoms with Gasteiger partial charge in [-0.2, -0.15) is 8.42 Å². The second-order valence-corrected chi connectivity index (χ2v) is 8.91. The van der Waals surface area contributed by atoms with E-state index in [1.807, 2.05) is 37.3 Å². The quantitative estimate of drug-likeness (QED) is 0.351. The van der Waals surface area contributed by atoms with Crippen molar-refractivity contribution in [2.45, 2.75) is 18.1 Å². The molecule has 0 aromatic heterocycles. The SMILES string of the molecule is Cc1ccc(S(=O)(=O)OCC2(CI)COC(c3ccccc3)OC2)cc1. The van der Waals surface area contributed by atoms with Gasteiger partial charge in [-0.25, -0.2) is 0 Å². The van der Waals surface area contributed by atoms with Crippen LogP contribution in [0.15, 0.2) is 59.5 Å². The monoisotopic (exact) mass is 488 g/mol. The molecular weight excluding hydrogens is 467 g/mol. The zero-order valence-corrected chi connectivity index (χ0v) is 17.4. The van der Waals surface area contributed by atoms with E-state index >= 15 is 0 Å². The average molecular weight is 488 g/mol. The van der Waals surface area contributed by atoms with Gasteiger partial charge in [0.25, 0.3) is 10.1 Å². The molecule has 26 heavy (non-hydrogen) atoms. The Labute approximate surface area is 167 Å². The van der Waals surface area contributed by atoms with Crippen LogP contribution >= 0.6 is 22.6 Å². The molecule has 0 N–H and O–H groups in total. The van der Waals surface area contributed by atoms with Crippen molar-refractivity contribution >= 4 is 32.7 Å². The first kappa shape index (κ1) is 19.8. The Morgan fingerprint density at radius 1 is 1.08 bits per heavy atom. The van der Waals surface area contributed by atoms with Gasteiger partial charge in [-0.05, 0) is 19.1 Å². The molecule has 0 bridgehead atoms. The minimum absolute atomic E-state index is 0.0215. The summed E-state index contributed by atoms with van der Waals surface area (Å²) < 4.78 is 42.6. The average Bonchev–Trinajstić information content (AvgIpc) is 2.68. The van der Waals surface area contributed by atoms with Gasteiger partial charge in [-0.15, -0.1) is 0 Å². The fraction of sp³-hybridized carbons (Fsp3) is 0.368. The summed E-state index contributed by atoms with van der Waals surface area (Å²) in [7, 11) is -3.80. The molecule has 0 saturated carbocycles. The van der Waals surface area contributed by atoms with E-state index in [-0.39, 0.29) is 11.5 Å². The summed E-state index contributed by atoms with van der Waals surface area (Å²) in [6.45, 7) is 2.67. The van der Waals surface area contributed by atoms with Crippen LogP contribution in [0.3, 0.4) is 0 Å². The standard InChI is InChI=1S/C19H21IO5S/c1-15-7-9-17(10-8-15)26(21,22)25-14-19(11-20)12-23-18(24-13-19)16-5-3-2-4-6-16/h2-10,18H,11-14H2,1H3. The van der Waals surface area contributed by atoms with Gasteiger partial charge < -0.3 is 9.47 Å². The Kier molecular flexibility index (Phi) is 6.34. The molecule has 0 aliphatic carbocycles. The van der Waals surface area contributed by atoms with Gasteiger partial charge >= 0.3 is 0 Å². The predicted molar refractivity (Wildman–Crippen MR) is 107 cm³/mol. The van der Waals surface area contributed by atoms with Crippen LogP contribution in [0.25, 0.3) is 0 Å². The summed E-state index contributed by atoms with van der Waals surface area (Å²) in [5.41, 5.74) is 1.44. The fourth-order valence-corrected chi connectivity index (χ4v) is 4.24. The molecule has 0 unspecified atom stereocenters. The molecule has 1 saturated heterocycles. The van der Waals surface area contributed by atoms with Crippen LogP contribution < -0.4 is 0 Å². The lowest BCUT2D eigenvalue weighted by Gasteiger charge is -2.38. The molecule has 1 fully saturated rings. The van der Waals surface area contributed by atoms with Gasteiger partial charge in [-0.3, -0.25) is 4.18 Å². The van der Waals surface area contributed by atoms with Crippen LogP contribution in [0.4, 0.5) is 0 Å². The number of alkyl halides is 1. The molecule has 0 amide bonds. The number of benzene rings is 2. The summed E-state index contributed by atoms with van der Waals surface area (Å²) in [5.74, 6) is 0. The summed E-state index contributed by atoms with van der Waals surface area (Å²) in [5, 5.41) is 0. The molecule has 1 heterocycles. The Balaban J connectivity index is 1.64. The van der Waals surface area contributed by atoms with E-state index in [2.05, 4.69) is 22.6 Å². The summed E-state index contributed by atoms with van der Waals surface area (Å²) in [4.78, 5) is 0.159. The van der Waals surface area contributed by atoms with Crippen molar-refractivity contribution in [3.05, 3.63) is 65.7 Å². The molecule has 2 aromatic carbocycles. The van der Waals surface area contributed by atoms with Crippen molar-refractivity contribution in [2.24, 2.45) is 5.41 Å². The third-order valence-electron chi connectivity index (χ3n) is 4.27. The maximum Gasteiger partial charge on any atom is 0.296 e. The largest absolute Gasteiger partial charge is 0.348 e. The highest BCUT2D eigenvalue weighted by atomic mass is 127. The highest BCUT2D eigenvalue weighted by molar-refractivity contribution is 14.1. The molecule has 1 aliphatic rings. The van der Waals surface area contributed by atoms with Crippen LogP contribution in [0.1, 0.15) is 17.4 Å². The number of aryl methyl sites for hydroxylation is 1. The lowest BCUT2D eigenvalue weighted by molar-refractivity contribution is -0.233.